The van der Waals surface area contributed by atoms with E-state index in [0.717, 1.165) is 0 Å². The quantitative estimate of drug-likeness (QED) is 0.393. The molecule has 0 nitrogen and oxygen atoms in total. The summed E-state index contributed by atoms with van der Waals surface area (Å²) in [7, 11) is -1.20. The van der Waals surface area contributed by atoms with Crippen LogP contribution in [0.15, 0.2) is 0 Å². The van der Waals surface area contributed by atoms with Gasteiger partial charge in [-0.3, -0.25) is 0 Å². The lowest BCUT2D eigenvalue weighted by molar-refractivity contribution is 0.783. The third-order valence-corrected chi connectivity index (χ3v) is 2.74. The third kappa shape index (κ3) is 3.65. The minimum Gasteiger partial charge on any atom is -0.118 e. The first-order chi connectivity index (χ1) is 5.41. The van der Waals surface area contributed by atoms with E-state index in [4.69, 9.17) is 0 Å². The molecule has 0 bridgehead atoms. The van der Waals surface area contributed by atoms with Gasteiger partial charge < -0.3 is 0 Å². The third-order valence-electron chi connectivity index (χ3n) is 1.86. The van der Waals surface area contributed by atoms with Crippen LogP contribution in [-0.2, 0) is 0 Å². The van der Waals surface area contributed by atoms with E-state index in [-0.39, 0.29) is 0 Å². The Morgan fingerprint density at radius 3 is 2.08 bits per heavy atom. The molecule has 64 valence electrons. The predicted molar refractivity (Wildman–Crippen MR) is 56.2 cm³/mol. The lowest BCUT2D eigenvalue weighted by atomic mass is 10.2. The molecule has 0 aromatic carbocycles. The first kappa shape index (κ1) is 9.43. The van der Waals surface area contributed by atoms with Crippen LogP contribution in [0.25, 0.3) is 0 Å². The van der Waals surface area contributed by atoms with Crippen molar-refractivity contribution in [3.8, 4) is 23.3 Å². The Hall–Kier alpha value is -0.663. The SMILES string of the molecule is CC1(C#CC#C[Si](C)(C)C)CC1. The maximum Gasteiger partial charge on any atom is 0.130 e. The van der Waals surface area contributed by atoms with Gasteiger partial charge in [0, 0.05) is 5.41 Å². The van der Waals surface area contributed by atoms with Crippen LogP contribution in [0.5, 0.6) is 0 Å². The fourth-order valence-corrected chi connectivity index (χ4v) is 1.15. The van der Waals surface area contributed by atoms with Gasteiger partial charge in [0.2, 0.25) is 0 Å². The molecule has 1 aliphatic rings. The highest BCUT2D eigenvalue weighted by atomic mass is 28.3. The summed E-state index contributed by atoms with van der Waals surface area (Å²) in [4.78, 5) is 0. The van der Waals surface area contributed by atoms with Gasteiger partial charge in [-0.2, -0.15) is 0 Å². The van der Waals surface area contributed by atoms with Crippen molar-refractivity contribution in [1.29, 1.82) is 0 Å². The molecule has 0 heterocycles. The highest BCUT2D eigenvalue weighted by molar-refractivity contribution is 6.83. The van der Waals surface area contributed by atoms with E-state index in [1.807, 2.05) is 0 Å². The first-order valence-corrected chi connectivity index (χ1v) is 7.96. The minimum atomic E-state index is -1.20. The lowest BCUT2D eigenvalue weighted by Gasteiger charge is -2.01. The molecular formula is C11H16Si. The number of hydrogen-bond acceptors (Lipinski definition) is 0. The summed E-state index contributed by atoms with van der Waals surface area (Å²) >= 11 is 0. The molecule has 0 unspecified atom stereocenters. The van der Waals surface area contributed by atoms with E-state index in [1.165, 1.54) is 12.8 Å². The zero-order valence-electron chi connectivity index (χ0n) is 8.41. The van der Waals surface area contributed by atoms with Gasteiger partial charge in [0.1, 0.15) is 8.07 Å². The average Bonchev–Trinajstić information content (AvgIpc) is 2.60. The molecular weight excluding hydrogens is 160 g/mol. The summed E-state index contributed by atoms with van der Waals surface area (Å²) in [6, 6.07) is 0. The summed E-state index contributed by atoms with van der Waals surface area (Å²) in [5.74, 6) is 9.14. The van der Waals surface area contributed by atoms with Crippen LogP contribution in [0.1, 0.15) is 19.8 Å². The van der Waals surface area contributed by atoms with Gasteiger partial charge >= 0.3 is 0 Å². The monoisotopic (exact) mass is 176 g/mol. The van der Waals surface area contributed by atoms with Crippen molar-refractivity contribution in [1.82, 2.24) is 0 Å². The van der Waals surface area contributed by atoms with E-state index < -0.39 is 8.07 Å². The maximum atomic E-state index is 3.24. The average molecular weight is 176 g/mol. The summed E-state index contributed by atoms with van der Waals surface area (Å²) in [5.41, 5.74) is 3.56. The maximum absolute atomic E-state index is 3.24. The molecule has 0 aromatic rings. The van der Waals surface area contributed by atoms with Gasteiger partial charge in [0.05, 0.1) is 0 Å². The fraction of sp³-hybridized carbons (Fsp3) is 0.636. The zero-order valence-corrected chi connectivity index (χ0v) is 9.41. The minimum absolute atomic E-state index is 0.327. The molecule has 12 heavy (non-hydrogen) atoms. The van der Waals surface area contributed by atoms with E-state index >= 15 is 0 Å². The van der Waals surface area contributed by atoms with Crippen molar-refractivity contribution in [2.45, 2.75) is 39.4 Å². The van der Waals surface area contributed by atoms with Gasteiger partial charge in [-0.05, 0) is 31.6 Å². The van der Waals surface area contributed by atoms with Crippen molar-refractivity contribution in [3.63, 3.8) is 0 Å². The lowest BCUT2D eigenvalue weighted by Crippen LogP contribution is -2.16. The number of hydrogen-bond donors (Lipinski definition) is 0. The molecule has 0 aromatic heterocycles. The predicted octanol–water partition coefficient (Wildman–Crippen LogP) is 2.67. The molecule has 0 saturated heterocycles. The normalized spacial score (nSPS) is 18.3. The summed E-state index contributed by atoms with van der Waals surface area (Å²) in [5, 5.41) is 0. The van der Waals surface area contributed by atoms with Gasteiger partial charge in [0.25, 0.3) is 0 Å². The van der Waals surface area contributed by atoms with Crippen LogP contribution < -0.4 is 0 Å². The Bertz CT molecular complexity index is 260. The van der Waals surface area contributed by atoms with Gasteiger partial charge in [0.15, 0.2) is 0 Å². The topological polar surface area (TPSA) is 0 Å². The smallest absolute Gasteiger partial charge is 0.118 e. The Balaban J connectivity index is 2.50. The second-order valence-corrected chi connectivity index (χ2v) is 9.56. The molecule has 0 radical (unpaired) electrons. The molecule has 1 fully saturated rings. The van der Waals surface area contributed by atoms with Crippen LogP contribution >= 0.6 is 0 Å². The van der Waals surface area contributed by atoms with Crippen molar-refractivity contribution >= 4 is 8.07 Å². The van der Waals surface area contributed by atoms with Crippen LogP contribution in [0, 0.1) is 28.7 Å². The molecule has 0 aliphatic heterocycles. The molecule has 0 atom stereocenters. The summed E-state index contributed by atoms with van der Waals surface area (Å²) in [6.07, 6.45) is 2.52. The van der Waals surface area contributed by atoms with Crippen molar-refractivity contribution in [2.75, 3.05) is 0 Å². The Morgan fingerprint density at radius 2 is 1.67 bits per heavy atom. The highest BCUT2D eigenvalue weighted by Crippen LogP contribution is 2.43. The van der Waals surface area contributed by atoms with Crippen LogP contribution in [0.4, 0.5) is 0 Å². The standard InChI is InChI=1S/C11H16Si/c1-11(8-9-11)7-5-6-10-12(2,3)4/h8-9H2,1-4H3. The molecule has 0 spiro atoms. The van der Waals surface area contributed by atoms with Crippen LogP contribution in [0.2, 0.25) is 19.6 Å². The van der Waals surface area contributed by atoms with Gasteiger partial charge in [-0.25, -0.2) is 0 Å². The molecule has 1 rings (SSSR count). The molecule has 0 amide bonds. The fourth-order valence-electron chi connectivity index (χ4n) is 0.713. The largest absolute Gasteiger partial charge is 0.130 e. The van der Waals surface area contributed by atoms with Crippen molar-refractivity contribution in [3.05, 3.63) is 0 Å². The Labute approximate surface area is 76.8 Å². The van der Waals surface area contributed by atoms with Crippen LogP contribution in [-0.4, -0.2) is 8.07 Å². The van der Waals surface area contributed by atoms with E-state index in [0.29, 0.717) is 5.41 Å². The second-order valence-electron chi connectivity index (χ2n) is 4.81. The second kappa shape index (κ2) is 3.00. The van der Waals surface area contributed by atoms with Crippen LogP contribution in [0.3, 0.4) is 0 Å². The molecule has 1 heteroatoms. The summed E-state index contributed by atoms with van der Waals surface area (Å²) < 4.78 is 0. The van der Waals surface area contributed by atoms with E-state index in [9.17, 15) is 0 Å². The number of rotatable bonds is 0. The van der Waals surface area contributed by atoms with Gasteiger partial charge in [-0.15, -0.1) is 5.54 Å². The highest BCUT2D eigenvalue weighted by Gasteiger charge is 2.35. The summed E-state index contributed by atoms with van der Waals surface area (Å²) in [6.45, 7) is 8.91. The molecule has 1 saturated carbocycles. The van der Waals surface area contributed by atoms with Crippen molar-refractivity contribution in [2.24, 2.45) is 5.41 Å². The van der Waals surface area contributed by atoms with Gasteiger partial charge in [-0.1, -0.05) is 25.6 Å². The first-order valence-electron chi connectivity index (χ1n) is 4.46. The Morgan fingerprint density at radius 1 is 1.08 bits per heavy atom. The molecule has 0 N–H and O–H groups in total. The molecule has 1 aliphatic carbocycles. The van der Waals surface area contributed by atoms with E-state index in [2.05, 4.69) is 49.9 Å². The zero-order chi connectivity index (χ0) is 9.24. The Kier molecular flexibility index (Phi) is 2.35. The van der Waals surface area contributed by atoms with E-state index in [1.54, 1.807) is 0 Å². The van der Waals surface area contributed by atoms with Crippen molar-refractivity contribution < 1.29 is 0 Å².